The van der Waals surface area contributed by atoms with Gasteiger partial charge in [0.25, 0.3) is 0 Å². The van der Waals surface area contributed by atoms with Gasteiger partial charge in [-0.15, -0.1) is 0 Å². The molecule has 5 heteroatoms. The molecule has 1 aliphatic heterocycles. The first-order valence-corrected chi connectivity index (χ1v) is 18.7. The molecule has 0 bridgehead atoms. The molecule has 1 fully saturated rings. The molecule has 7 rings (SSSR count). The van der Waals surface area contributed by atoms with Gasteiger partial charge >= 0.3 is 5.54 Å². The average Bonchev–Trinajstić information content (AvgIpc) is 3.62. The van der Waals surface area contributed by atoms with Gasteiger partial charge in [0.2, 0.25) is 7.55 Å². The van der Waals surface area contributed by atoms with Crippen molar-refractivity contribution >= 4 is 70.2 Å². The largest absolute Gasteiger partial charge is 0.302 e. The smallest absolute Gasteiger partial charge is 0.289 e. The first kappa shape index (κ1) is 32.5. The minimum absolute atomic E-state index is 0.577. The fourth-order valence-corrected chi connectivity index (χ4v) is 10.9. The highest BCUT2D eigenvalue weighted by Crippen LogP contribution is 2.48. The molecule has 1 saturated heterocycles. The van der Waals surface area contributed by atoms with E-state index in [0.29, 0.717) is 10.0 Å². The number of nitrogens with zero attached hydrogens (tertiary/aromatic N) is 2. The molecule has 1 atom stereocenters. The molecule has 240 valence electrons. The van der Waals surface area contributed by atoms with Gasteiger partial charge in [-0.3, -0.25) is 9.80 Å². The summed E-state index contributed by atoms with van der Waals surface area (Å²) >= 11 is 14.1. The lowest BCUT2D eigenvalue weighted by Gasteiger charge is -2.26. The zero-order valence-corrected chi connectivity index (χ0v) is 30.8. The molecule has 48 heavy (non-hydrogen) atoms. The van der Waals surface area contributed by atoms with Gasteiger partial charge in [-0.2, -0.15) is 0 Å². The number of rotatable bonds is 5. The third kappa shape index (κ3) is 5.81. The van der Waals surface area contributed by atoms with Gasteiger partial charge in [0, 0.05) is 18.7 Å². The third-order valence-electron chi connectivity index (χ3n) is 9.43. The Kier molecular flexibility index (Phi) is 8.86. The summed E-state index contributed by atoms with van der Waals surface area (Å²) in [7, 11) is -1.19. The van der Waals surface area contributed by atoms with E-state index in [0.717, 1.165) is 18.4 Å². The maximum Gasteiger partial charge on any atom is 0.302 e. The van der Waals surface area contributed by atoms with Crippen molar-refractivity contribution in [3.63, 3.8) is 0 Å². The molecule has 5 aromatic carbocycles. The molecule has 1 aliphatic carbocycles. The second-order valence-corrected chi connectivity index (χ2v) is 15.8. The van der Waals surface area contributed by atoms with Crippen LogP contribution in [0.25, 0.3) is 17.2 Å². The fraction of sp³-hybridized carbons (Fsp3) is 0.186. The molecule has 1 heterocycles. The summed E-state index contributed by atoms with van der Waals surface area (Å²) < 4.78 is 0. The van der Waals surface area contributed by atoms with E-state index >= 15 is 0 Å². The van der Waals surface area contributed by atoms with Crippen LogP contribution in [0.2, 0.25) is 10.0 Å². The summed E-state index contributed by atoms with van der Waals surface area (Å²) in [6, 6.07) is 34.8. The van der Waals surface area contributed by atoms with Crippen LogP contribution in [-0.2, 0) is 0 Å². The number of anilines is 2. The molecule has 1 unspecified atom stereocenters. The Balaban J connectivity index is 1.61. The van der Waals surface area contributed by atoms with Crippen LogP contribution in [0.4, 0.5) is 11.4 Å². The second-order valence-electron chi connectivity index (χ2n) is 13.1. The lowest BCUT2D eigenvalue weighted by atomic mass is 9.99. The van der Waals surface area contributed by atoms with Crippen molar-refractivity contribution in [2.24, 2.45) is 0 Å². The molecule has 2 aliphatic rings. The third-order valence-corrected chi connectivity index (χ3v) is 12.7. The highest BCUT2D eigenvalue weighted by molar-refractivity contribution is 7.70. The van der Waals surface area contributed by atoms with Crippen molar-refractivity contribution in [2.45, 2.75) is 41.5 Å². The standard InChI is InChI=1S/C43H40Cl2N2P/c1-27-21-29(3)41(30(4)22-27)46-19-20-47(42-31(5)23-28(2)24-32(42)6)43(46)48(39-18-12-17-38(44)40(39)45)26-37-35-16-11-10-15-34(35)25-36(37)33-13-8-7-9-14-33/h7-18,21-26H,19-20H2,1-6H3/q+1. The van der Waals surface area contributed by atoms with Crippen LogP contribution < -0.4 is 15.1 Å². The van der Waals surface area contributed by atoms with Crippen LogP contribution in [0.5, 0.6) is 0 Å². The lowest BCUT2D eigenvalue weighted by Crippen LogP contribution is -2.35. The summed E-state index contributed by atoms with van der Waals surface area (Å²) in [5.74, 6) is 2.51. The van der Waals surface area contributed by atoms with E-state index in [-0.39, 0.29) is 0 Å². The van der Waals surface area contributed by atoms with E-state index < -0.39 is 7.55 Å². The second kappa shape index (κ2) is 13.1. The van der Waals surface area contributed by atoms with E-state index in [1.165, 1.54) is 78.1 Å². The molecular formula is C43H40Cl2N2P+. The summed E-state index contributed by atoms with van der Waals surface area (Å²) in [6.45, 7) is 15.1. The SMILES string of the molecule is Cc1cc(C)c(N2CCN(c3c(C)cc(C)cc3C)C2=[P+](C=C2C(c3ccccc3)=Cc3ccccc32)c2cccc(Cl)c2Cl)c(C)c1. The van der Waals surface area contributed by atoms with Gasteiger partial charge in [-0.05, 0) is 104 Å². The summed E-state index contributed by atoms with van der Waals surface area (Å²) in [4.78, 5) is 5.16. The van der Waals surface area contributed by atoms with Crippen LogP contribution in [0.3, 0.4) is 0 Å². The number of aryl methyl sites for hydroxylation is 6. The van der Waals surface area contributed by atoms with Crippen molar-refractivity contribution in [3.05, 3.63) is 163 Å². The first-order valence-electron chi connectivity index (χ1n) is 16.5. The van der Waals surface area contributed by atoms with Crippen LogP contribution in [0.15, 0.2) is 103 Å². The topological polar surface area (TPSA) is 6.48 Å². The summed E-state index contributed by atoms with van der Waals surface area (Å²) in [5.41, 5.74) is 17.6. The van der Waals surface area contributed by atoms with Gasteiger partial charge < -0.3 is 0 Å². The summed E-state index contributed by atoms with van der Waals surface area (Å²) in [6.07, 6.45) is 2.33. The average molecular weight is 687 g/mol. The lowest BCUT2D eigenvalue weighted by molar-refractivity contribution is 1.01. The molecular weight excluding hydrogens is 646 g/mol. The van der Waals surface area contributed by atoms with E-state index in [2.05, 4.69) is 148 Å². The first-order chi connectivity index (χ1) is 23.1. The number of halogens is 2. The van der Waals surface area contributed by atoms with Gasteiger partial charge in [-0.1, -0.05) is 119 Å². The number of fused-ring (bicyclic) bond motifs is 1. The van der Waals surface area contributed by atoms with E-state index in [1.54, 1.807) is 0 Å². The monoisotopic (exact) mass is 685 g/mol. The predicted molar refractivity (Wildman–Crippen MR) is 213 cm³/mol. The van der Waals surface area contributed by atoms with E-state index in [9.17, 15) is 0 Å². The van der Waals surface area contributed by atoms with Gasteiger partial charge in [0.1, 0.15) is 10.8 Å². The van der Waals surface area contributed by atoms with Crippen molar-refractivity contribution in [1.82, 2.24) is 0 Å². The molecule has 5 aromatic rings. The zero-order chi connectivity index (χ0) is 33.7. The zero-order valence-electron chi connectivity index (χ0n) is 28.4. The Morgan fingerprint density at radius 1 is 0.625 bits per heavy atom. The van der Waals surface area contributed by atoms with E-state index in [1.807, 2.05) is 12.1 Å². The van der Waals surface area contributed by atoms with Crippen LogP contribution in [0.1, 0.15) is 50.1 Å². The van der Waals surface area contributed by atoms with Gasteiger partial charge in [-0.25, -0.2) is 0 Å². The Hall–Kier alpha value is -4.07. The molecule has 0 aromatic heterocycles. The number of allylic oxidation sites excluding steroid dienone is 2. The van der Waals surface area contributed by atoms with Crippen LogP contribution >= 0.6 is 30.7 Å². The van der Waals surface area contributed by atoms with Crippen LogP contribution in [-0.4, -0.2) is 18.6 Å². The molecule has 0 N–H and O–H groups in total. The Morgan fingerprint density at radius 2 is 1.17 bits per heavy atom. The molecule has 0 radical (unpaired) electrons. The summed E-state index contributed by atoms with van der Waals surface area (Å²) in [5, 5.41) is 2.25. The molecule has 0 amide bonds. The van der Waals surface area contributed by atoms with E-state index in [4.69, 9.17) is 23.2 Å². The molecule has 2 nitrogen and oxygen atoms in total. The predicted octanol–water partition coefficient (Wildman–Crippen LogP) is 11.7. The van der Waals surface area contributed by atoms with Gasteiger partial charge in [0.15, 0.2) is 5.30 Å². The van der Waals surface area contributed by atoms with Crippen LogP contribution in [0, 0.1) is 41.5 Å². The highest BCUT2D eigenvalue weighted by atomic mass is 35.5. The highest BCUT2D eigenvalue weighted by Gasteiger charge is 2.42. The quantitative estimate of drug-likeness (QED) is 0.170. The molecule has 0 spiro atoms. The Morgan fingerprint density at radius 3 is 1.75 bits per heavy atom. The normalized spacial score (nSPS) is 15.3. The van der Waals surface area contributed by atoms with Crippen molar-refractivity contribution in [3.8, 4) is 0 Å². The van der Waals surface area contributed by atoms with Crippen molar-refractivity contribution < 1.29 is 0 Å². The minimum atomic E-state index is -1.19. The van der Waals surface area contributed by atoms with Crippen molar-refractivity contribution in [2.75, 3.05) is 22.9 Å². The minimum Gasteiger partial charge on any atom is -0.289 e. The molecule has 0 saturated carbocycles. The maximum atomic E-state index is 7.25. The van der Waals surface area contributed by atoms with Crippen molar-refractivity contribution in [1.29, 1.82) is 0 Å². The van der Waals surface area contributed by atoms with Gasteiger partial charge in [0.05, 0.1) is 16.4 Å². The number of hydrogen-bond acceptors (Lipinski definition) is 0. The number of hydrogen-bond donors (Lipinski definition) is 0. The number of benzene rings is 5. The Bertz CT molecular complexity index is 2060. The fourth-order valence-electron chi connectivity index (χ4n) is 7.71. The maximum absolute atomic E-state index is 7.25. The Labute approximate surface area is 296 Å².